The Morgan fingerprint density at radius 2 is 1.55 bits per heavy atom. The molecule has 154 valence electrons. The SMILES string of the molecule is CCn1c(-c2ccccc2)cc2cc(CN[C@H](C)c3cccc4ccccc34)ccc21. The number of nitrogens with zero attached hydrogens (tertiary/aromatic N) is 1. The molecule has 0 unspecified atom stereocenters. The lowest BCUT2D eigenvalue weighted by Crippen LogP contribution is -2.18. The van der Waals surface area contributed by atoms with Crippen molar-refractivity contribution >= 4 is 21.7 Å². The smallest absolute Gasteiger partial charge is 0.0491 e. The van der Waals surface area contributed by atoms with E-state index >= 15 is 0 Å². The standard InChI is InChI=1S/C29H28N2/c1-3-31-28-17-16-22(18-25(28)19-29(31)24-11-5-4-6-12-24)20-30-21(2)26-15-9-13-23-10-7-8-14-27(23)26/h4-19,21,30H,3,20H2,1-2H3/t21-/m1/s1. The number of fused-ring (bicyclic) bond motifs is 2. The van der Waals surface area contributed by atoms with E-state index in [-0.39, 0.29) is 6.04 Å². The maximum Gasteiger partial charge on any atom is 0.0491 e. The molecule has 0 aliphatic rings. The van der Waals surface area contributed by atoms with E-state index in [0.29, 0.717) is 0 Å². The Morgan fingerprint density at radius 1 is 0.774 bits per heavy atom. The van der Waals surface area contributed by atoms with Gasteiger partial charge in [-0.05, 0) is 59.5 Å². The summed E-state index contributed by atoms with van der Waals surface area (Å²) in [5.74, 6) is 0. The third-order valence-electron chi connectivity index (χ3n) is 6.25. The fourth-order valence-corrected chi connectivity index (χ4v) is 4.63. The fourth-order valence-electron chi connectivity index (χ4n) is 4.63. The fraction of sp³-hybridized carbons (Fsp3) is 0.172. The Kier molecular flexibility index (Phi) is 5.31. The lowest BCUT2D eigenvalue weighted by Gasteiger charge is -2.17. The van der Waals surface area contributed by atoms with Crippen molar-refractivity contribution in [2.75, 3.05) is 0 Å². The molecule has 0 saturated carbocycles. The zero-order valence-electron chi connectivity index (χ0n) is 18.2. The van der Waals surface area contributed by atoms with Gasteiger partial charge in [-0.25, -0.2) is 0 Å². The van der Waals surface area contributed by atoms with Crippen molar-refractivity contribution in [2.45, 2.75) is 33.0 Å². The van der Waals surface area contributed by atoms with E-state index in [1.54, 1.807) is 0 Å². The molecule has 0 aliphatic heterocycles. The van der Waals surface area contributed by atoms with Crippen LogP contribution in [0.15, 0.2) is 97.1 Å². The highest BCUT2D eigenvalue weighted by molar-refractivity contribution is 5.88. The van der Waals surface area contributed by atoms with E-state index in [9.17, 15) is 0 Å². The summed E-state index contributed by atoms with van der Waals surface area (Å²) < 4.78 is 2.40. The molecule has 4 aromatic carbocycles. The van der Waals surface area contributed by atoms with E-state index in [2.05, 4.69) is 121 Å². The topological polar surface area (TPSA) is 17.0 Å². The van der Waals surface area contributed by atoms with Crippen molar-refractivity contribution in [3.63, 3.8) is 0 Å². The average molecular weight is 405 g/mol. The van der Waals surface area contributed by atoms with Gasteiger partial charge in [0, 0.05) is 35.7 Å². The molecule has 1 N–H and O–H groups in total. The van der Waals surface area contributed by atoms with Crippen LogP contribution in [0.3, 0.4) is 0 Å². The normalized spacial score (nSPS) is 12.5. The van der Waals surface area contributed by atoms with Crippen LogP contribution in [-0.2, 0) is 13.1 Å². The lowest BCUT2D eigenvalue weighted by atomic mass is 9.99. The number of aryl methyl sites for hydroxylation is 1. The average Bonchev–Trinajstić information content (AvgIpc) is 3.20. The molecule has 2 heteroatoms. The molecule has 0 spiro atoms. The Labute approximate surface area is 184 Å². The first kappa shape index (κ1) is 19.6. The van der Waals surface area contributed by atoms with Crippen LogP contribution < -0.4 is 5.32 Å². The molecule has 31 heavy (non-hydrogen) atoms. The molecule has 0 amide bonds. The molecule has 1 atom stereocenters. The van der Waals surface area contributed by atoms with Crippen LogP contribution >= 0.6 is 0 Å². The van der Waals surface area contributed by atoms with Gasteiger partial charge in [0.25, 0.3) is 0 Å². The molecule has 1 heterocycles. The van der Waals surface area contributed by atoms with Gasteiger partial charge >= 0.3 is 0 Å². The minimum absolute atomic E-state index is 0.280. The van der Waals surface area contributed by atoms with Crippen LogP contribution in [0.5, 0.6) is 0 Å². The van der Waals surface area contributed by atoms with Crippen molar-refractivity contribution in [3.05, 3.63) is 108 Å². The van der Waals surface area contributed by atoms with Gasteiger partial charge in [0.05, 0.1) is 0 Å². The van der Waals surface area contributed by atoms with Crippen LogP contribution in [-0.4, -0.2) is 4.57 Å². The van der Waals surface area contributed by atoms with Crippen molar-refractivity contribution in [3.8, 4) is 11.3 Å². The van der Waals surface area contributed by atoms with Crippen LogP contribution in [0, 0.1) is 0 Å². The monoisotopic (exact) mass is 404 g/mol. The summed E-state index contributed by atoms with van der Waals surface area (Å²) in [6.07, 6.45) is 0. The van der Waals surface area contributed by atoms with Gasteiger partial charge in [-0.3, -0.25) is 0 Å². The number of hydrogen-bond acceptors (Lipinski definition) is 1. The molecule has 0 bridgehead atoms. The predicted molar refractivity (Wildman–Crippen MR) is 132 cm³/mol. The van der Waals surface area contributed by atoms with Crippen LogP contribution in [0.4, 0.5) is 0 Å². The number of rotatable bonds is 6. The summed E-state index contributed by atoms with van der Waals surface area (Å²) in [6.45, 7) is 6.27. The van der Waals surface area contributed by atoms with Crippen LogP contribution in [0.2, 0.25) is 0 Å². The highest BCUT2D eigenvalue weighted by Crippen LogP contribution is 2.29. The molecule has 0 radical (unpaired) electrons. The number of benzene rings is 4. The second-order valence-electron chi connectivity index (χ2n) is 8.20. The summed E-state index contributed by atoms with van der Waals surface area (Å²) in [4.78, 5) is 0. The predicted octanol–water partition coefficient (Wildman–Crippen LogP) is 7.33. The van der Waals surface area contributed by atoms with E-state index in [4.69, 9.17) is 0 Å². The molecule has 5 rings (SSSR count). The first-order chi connectivity index (χ1) is 15.2. The summed E-state index contributed by atoms with van der Waals surface area (Å²) in [5, 5.41) is 7.66. The van der Waals surface area contributed by atoms with Crippen molar-refractivity contribution < 1.29 is 0 Å². The van der Waals surface area contributed by atoms with Gasteiger partial charge in [-0.2, -0.15) is 0 Å². The summed E-state index contributed by atoms with van der Waals surface area (Å²) in [7, 11) is 0. The molecular weight excluding hydrogens is 376 g/mol. The lowest BCUT2D eigenvalue weighted by molar-refractivity contribution is 0.578. The number of aromatic nitrogens is 1. The molecule has 1 aromatic heterocycles. The summed E-state index contributed by atoms with van der Waals surface area (Å²) in [6, 6.07) is 35.3. The Hall–Kier alpha value is -3.36. The van der Waals surface area contributed by atoms with Gasteiger partial charge in [0.2, 0.25) is 0 Å². The second-order valence-corrected chi connectivity index (χ2v) is 8.20. The van der Waals surface area contributed by atoms with Gasteiger partial charge in [-0.15, -0.1) is 0 Å². The van der Waals surface area contributed by atoms with E-state index in [1.165, 1.54) is 44.1 Å². The summed E-state index contributed by atoms with van der Waals surface area (Å²) in [5.41, 5.74) is 6.51. The van der Waals surface area contributed by atoms with Crippen LogP contribution in [0.25, 0.3) is 32.9 Å². The van der Waals surface area contributed by atoms with E-state index < -0.39 is 0 Å². The second kappa shape index (κ2) is 8.41. The van der Waals surface area contributed by atoms with E-state index in [1.807, 2.05) is 0 Å². The van der Waals surface area contributed by atoms with E-state index in [0.717, 1.165) is 13.1 Å². The third kappa shape index (κ3) is 3.75. The van der Waals surface area contributed by atoms with Gasteiger partial charge in [-0.1, -0.05) is 78.9 Å². The molecule has 5 aromatic rings. The van der Waals surface area contributed by atoms with Gasteiger partial charge < -0.3 is 9.88 Å². The molecule has 2 nitrogen and oxygen atoms in total. The maximum absolute atomic E-state index is 3.73. The van der Waals surface area contributed by atoms with Crippen molar-refractivity contribution in [2.24, 2.45) is 0 Å². The molecule has 0 saturated heterocycles. The zero-order chi connectivity index (χ0) is 21.2. The largest absolute Gasteiger partial charge is 0.341 e. The summed E-state index contributed by atoms with van der Waals surface area (Å²) >= 11 is 0. The quantitative estimate of drug-likeness (QED) is 0.313. The van der Waals surface area contributed by atoms with Crippen LogP contribution in [0.1, 0.15) is 31.0 Å². The number of hydrogen-bond donors (Lipinski definition) is 1. The highest BCUT2D eigenvalue weighted by Gasteiger charge is 2.12. The van der Waals surface area contributed by atoms with Gasteiger partial charge in [0.15, 0.2) is 0 Å². The maximum atomic E-state index is 3.73. The minimum Gasteiger partial charge on any atom is -0.341 e. The molecule has 0 aliphatic carbocycles. The zero-order valence-corrected chi connectivity index (χ0v) is 18.2. The highest BCUT2D eigenvalue weighted by atomic mass is 15.0. The Bertz CT molecular complexity index is 1330. The molecular formula is C29H28N2. The Morgan fingerprint density at radius 3 is 2.39 bits per heavy atom. The van der Waals surface area contributed by atoms with Gasteiger partial charge in [0.1, 0.15) is 0 Å². The first-order valence-electron chi connectivity index (χ1n) is 11.1. The minimum atomic E-state index is 0.280. The van der Waals surface area contributed by atoms with Crippen molar-refractivity contribution in [1.82, 2.24) is 9.88 Å². The van der Waals surface area contributed by atoms with Crippen molar-refractivity contribution in [1.29, 1.82) is 0 Å². The Balaban J connectivity index is 1.41. The first-order valence-corrected chi connectivity index (χ1v) is 11.1. The third-order valence-corrected chi connectivity index (χ3v) is 6.25. The molecule has 0 fully saturated rings. The number of nitrogens with one attached hydrogen (secondary N) is 1.